The Kier molecular flexibility index (Phi) is 7.77. The third kappa shape index (κ3) is 5.72. The average Bonchev–Trinajstić information content (AvgIpc) is 2.77. The number of aliphatic carboxylic acids is 1. The van der Waals surface area contributed by atoms with Gasteiger partial charge in [0.25, 0.3) is 0 Å². The van der Waals surface area contributed by atoms with Crippen molar-refractivity contribution in [3.05, 3.63) is 45.7 Å². The lowest BCUT2D eigenvalue weighted by atomic mass is 9.80. The molecule has 0 amide bonds. The van der Waals surface area contributed by atoms with Crippen LogP contribution in [0, 0.1) is 23.2 Å². The first-order valence-corrected chi connectivity index (χ1v) is 12.3. The minimum absolute atomic E-state index is 0.122. The summed E-state index contributed by atoms with van der Waals surface area (Å²) in [6.45, 7) is 6.13. The Morgan fingerprint density at radius 1 is 1.32 bits per heavy atom. The lowest BCUT2D eigenvalue weighted by molar-refractivity contribution is -0.137. The topological polar surface area (TPSA) is 105 Å². The Bertz CT molecular complexity index is 1090. The van der Waals surface area contributed by atoms with E-state index in [1.807, 2.05) is 13.0 Å². The maximum Gasteiger partial charge on any atom is 0.304 e. The number of aromatic nitrogens is 2. The molecule has 34 heavy (non-hydrogen) atoms. The summed E-state index contributed by atoms with van der Waals surface area (Å²) in [7, 11) is 0. The maximum absolute atomic E-state index is 10.9. The zero-order valence-corrected chi connectivity index (χ0v) is 20.6. The van der Waals surface area contributed by atoms with E-state index in [0.29, 0.717) is 45.8 Å². The zero-order valence-electron chi connectivity index (χ0n) is 19.0. The third-order valence-electron chi connectivity index (χ3n) is 6.71. The van der Waals surface area contributed by atoms with Crippen LogP contribution >= 0.6 is 23.2 Å². The number of carboxylic acids is 1. The number of nitrogens with one attached hydrogen (secondary N) is 1. The monoisotopic (exact) mass is 502 g/mol. The number of halogens is 2. The van der Waals surface area contributed by atoms with Gasteiger partial charge in [0.2, 0.25) is 0 Å². The van der Waals surface area contributed by atoms with Gasteiger partial charge in [-0.3, -0.25) is 4.79 Å². The van der Waals surface area contributed by atoms with Crippen molar-refractivity contribution in [2.75, 3.05) is 42.9 Å². The Labute approximate surface area is 209 Å². The number of hydrogen-bond donors (Lipinski definition) is 2. The summed E-state index contributed by atoms with van der Waals surface area (Å²) in [5, 5.41) is 23.0. The summed E-state index contributed by atoms with van der Waals surface area (Å²) in [5.41, 5.74) is 1.21. The highest BCUT2D eigenvalue weighted by molar-refractivity contribution is 6.35. The second-order valence-electron chi connectivity index (χ2n) is 9.08. The molecule has 1 aromatic heterocycles. The van der Waals surface area contributed by atoms with E-state index in [1.54, 1.807) is 18.3 Å². The molecule has 0 radical (unpaired) electrons. The van der Waals surface area contributed by atoms with Crippen LogP contribution in [0.3, 0.4) is 0 Å². The van der Waals surface area contributed by atoms with Gasteiger partial charge in [0.15, 0.2) is 11.5 Å². The van der Waals surface area contributed by atoms with Crippen LogP contribution in [-0.2, 0) is 4.79 Å². The fourth-order valence-electron chi connectivity index (χ4n) is 4.82. The molecule has 8 nitrogen and oxygen atoms in total. The van der Waals surface area contributed by atoms with Crippen LogP contribution in [0.2, 0.25) is 10.0 Å². The molecule has 180 valence electrons. The molecule has 2 aromatic rings. The van der Waals surface area contributed by atoms with Gasteiger partial charge in [-0.05, 0) is 55.8 Å². The fraction of sp³-hybridized carbons (Fsp3) is 0.500. The highest BCUT2D eigenvalue weighted by Gasteiger charge is 2.37. The van der Waals surface area contributed by atoms with E-state index in [0.717, 1.165) is 44.6 Å². The first-order chi connectivity index (χ1) is 16.3. The van der Waals surface area contributed by atoms with Crippen LogP contribution in [-0.4, -0.2) is 58.7 Å². The molecule has 1 aromatic carbocycles. The van der Waals surface area contributed by atoms with Crippen LogP contribution < -0.4 is 10.2 Å². The van der Waals surface area contributed by atoms with Crippen LogP contribution in [0.15, 0.2) is 24.4 Å². The minimum atomic E-state index is -0.749. The number of nitrogens with zero attached hydrogens (tertiary/aromatic N) is 5. The smallest absolute Gasteiger partial charge is 0.304 e. The number of anilines is 2. The van der Waals surface area contributed by atoms with Gasteiger partial charge < -0.3 is 20.2 Å². The molecule has 10 heteroatoms. The normalized spacial score (nSPS) is 19.8. The van der Waals surface area contributed by atoms with E-state index in [1.165, 1.54) is 0 Å². The van der Waals surface area contributed by atoms with E-state index < -0.39 is 5.97 Å². The summed E-state index contributed by atoms with van der Waals surface area (Å²) in [5.74, 6) is 1.46. The van der Waals surface area contributed by atoms with E-state index in [-0.39, 0.29) is 12.5 Å². The molecule has 2 N–H and O–H groups in total. The quantitative estimate of drug-likeness (QED) is 0.545. The number of likely N-dealkylation sites (tertiary alicyclic amines) is 1. The number of nitriles is 1. The predicted octanol–water partition coefficient (Wildman–Crippen LogP) is 4.45. The summed E-state index contributed by atoms with van der Waals surface area (Å²) in [4.78, 5) is 24.3. The molecule has 0 unspecified atom stereocenters. The lowest BCUT2D eigenvalue weighted by Crippen LogP contribution is -2.54. The zero-order chi connectivity index (χ0) is 24.2. The highest BCUT2D eigenvalue weighted by Crippen LogP contribution is 2.35. The van der Waals surface area contributed by atoms with Crippen LogP contribution in [0.1, 0.15) is 43.5 Å². The molecule has 2 saturated heterocycles. The van der Waals surface area contributed by atoms with Gasteiger partial charge >= 0.3 is 5.97 Å². The molecule has 3 heterocycles. The van der Waals surface area contributed by atoms with Crippen molar-refractivity contribution < 1.29 is 9.90 Å². The molecule has 2 aliphatic heterocycles. The van der Waals surface area contributed by atoms with Crippen molar-refractivity contribution in [2.45, 2.75) is 32.2 Å². The highest BCUT2D eigenvalue weighted by atomic mass is 35.5. The number of hydrogen-bond acceptors (Lipinski definition) is 7. The Hall–Kier alpha value is -2.60. The molecule has 4 rings (SSSR count). The molecule has 0 spiro atoms. The average molecular weight is 503 g/mol. The summed E-state index contributed by atoms with van der Waals surface area (Å²) < 4.78 is 0. The molecule has 2 atom stereocenters. The van der Waals surface area contributed by atoms with Crippen LogP contribution in [0.5, 0.6) is 0 Å². The molecular weight excluding hydrogens is 475 g/mol. The van der Waals surface area contributed by atoms with E-state index in [9.17, 15) is 10.1 Å². The van der Waals surface area contributed by atoms with Crippen LogP contribution in [0.4, 0.5) is 11.6 Å². The summed E-state index contributed by atoms with van der Waals surface area (Å²) in [6.07, 6.45) is 4.00. The SMILES string of the molecule is C[C@@H](Nc1cnc(C#N)c(N2CC([C@H]3CCCN(CCC(=O)O)C3)C2)n1)c1ccc(Cl)cc1Cl. The standard InChI is InChI=1S/C24H28Cl2N6O2/c1-15(19-5-4-18(25)9-20(19)26)29-22-11-28-21(10-27)24(30-22)32-13-17(14-32)16-3-2-7-31(12-16)8-6-23(33)34/h4-5,9,11,15-17H,2-3,6-8,12-14H2,1H3,(H,29,30)(H,33,34)/t15-,16+/m1/s1. The second-order valence-corrected chi connectivity index (χ2v) is 9.93. The maximum atomic E-state index is 10.9. The largest absolute Gasteiger partial charge is 0.481 e. The second kappa shape index (κ2) is 10.8. The van der Waals surface area contributed by atoms with Gasteiger partial charge in [0.05, 0.1) is 18.7 Å². The first-order valence-electron chi connectivity index (χ1n) is 11.5. The number of carbonyl (C=O) groups is 1. The number of benzene rings is 1. The third-order valence-corrected chi connectivity index (χ3v) is 7.28. The van der Waals surface area contributed by atoms with Gasteiger partial charge in [-0.2, -0.15) is 5.26 Å². The van der Waals surface area contributed by atoms with Crippen LogP contribution in [0.25, 0.3) is 0 Å². The number of piperidine rings is 1. The fourth-order valence-corrected chi connectivity index (χ4v) is 5.39. The molecule has 2 aliphatic rings. The minimum Gasteiger partial charge on any atom is -0.481 e. The molecule has 0 aliphatic carbocycles. The Morgan fingerprint density at radius 3 is 2.82 bits per heavy atom. The van der Waals surface area contributed by atoms with Gasteiger partial charge in [-0.25, -0.2) is 9.97 Å². The molecule has 0 bridgehead atoms. The number of carboxylic acid groups (broad SMARTS) is 1. The van der Waals surface area contributed by atoms with Gasteiger partial charge in [0, 0.05) is 36.2 Å². The first kappa shape index (κ1) is 24.5. The summed E-state index contributed by atoms with van der Waals surface area (Å²) >= 11 is 12.4. The van der Waals surface area contributed by atoms with Crippen molar-refractivity contribution in [3.63, 3.8) is 0 Å². The van der Waals surface area contributed by atoms with Gasteiger partial charge in [-0.15, -0.1) is 0 Å². The van der Waals surface area contributed by atoms with Crippen molar-refractivity contribution >= 4 is 40.8 Å². The number of rotatable bonds is 8. The van der Waals surface area contributed by atoms with E-state index in [2.05, 4.69) is 26.2 Å². The summed E-state index contributed by atoms with van der Waals surface area (Å²) in [6, 6.07) is 7.42. The van der Waals surface area contributed by atoms with Crippen molar-refractivity contribution in [3.8, 4) is 6.07 Å². The Balaban J connectivity index is 1.39. The van der Waals surface area contributed by atoms with Crippen molar-refractivity contribution in [1.82, 2.24) is 14.9 Å². The van der Waals surface area contributed by atoms with E-state index in [4.69, 9.17) is 33.3 Å². The van der Waals surface area contributed by atoms with E-state index >= 15 is 0 Å². The predicted molar refractivity (Wildman–Crippen MR) is 132 cm³/mol. The molecule has 0 saturated carbocycles. The molecule has 2 fully saturated rings. The van der Waals surface area contributed by atoms with Gasteiger partial charge in [-0.1, -0.05) is 29.3 Å². The van der Waals surface area contributed by atoms with Gasteiger partial charge in [0.1, 0.15) is 11.9 Å². The molecular formula is C24H28Cl2N6O2. The van der Waals surface area contributed by atoms with Crippen molar-refractivity contribution in [2.24, 2.45) is 11.8 Å². The Morgan fingerprint density at radius 2 is 2.12 bits per heavy atom. The van der Waals surface area contributed by atoms with Crippen molar-refractivity contribution in [1.29, 1.82) is 5.26 Å². The lowest BCUT2D eigenvalue weighted by Gasteiger charge is -2.47.